The molecule has 62 heavy (non-hydrogen) atoms. The SMILES string of the molecule is c1ccc(-c2ccc(N(c3ccc(-c4ccccc4)cc3)c3cc4cc(c3)N(c3ccccc3)c3cc5ccccc5c5c3oc3c(cccc35)N4c3ccccc3)cc2)cc1. The van der Waals surface area contributed by atoms with Crippen molar-refractivity contribution in [3.05, 3.63) is 237 Å². The molecule has 292 valence electrons. The van der Waals surface area contributed by atoms with E-state index in [1.807, 2.05) is 0 Å². The molecular weight excluding hydrogens is 755 g/mol. The van der Waals surface area contributed by atoms with Crippen LogP contribution in [0, 0.1) is 0 Å². The smallest absolute Gasteiger partial charge is 0.160 e. The summed E-state index contributed by atoms with van der Waals surface area (Å²) in [5.41, 5.74) is 15.5. The molecule has 0 spiro atoms. The van der Waals surface area contributed by atoms with Crippen LogP contribution in [0.3, 0.4) is 0 Å². The number of hydrogen-bond donors (Lipinski definition) is 0. The summed E-state index contributed by atoms with van der Waals surface area (Å²) in [6.45, 7) is 0. The molecule has 1 aliphatic rings. The van der Waals surface area contributed by atoms with Crippen molar-refractivity contribution in [2.75, 3.05) is 14.7 Å². The van der Waals surface area contributed by atoms with Crippen LogP contribution in [0.4, 0.5) is 51.2 Å². The van der Waals surface area contributed by atoms with E-state index in [1.54, 1.807) is 0 Å². The predicted octanol–water partition coefficient (Wildman–Crippen LogP) is 16.8. The van der Waals surface area contributed by atoms with E-state index >= 15 is 0 Å². The van der Waals surface area contributed by atoms with Gasteiger partial charge in [-0.25, -0.2) is 0 Å². The Morgan fingerprint density at radius 3 is 1.34 bits per heavy atom. The van der Waals surface area contributed by atoms with Crippen molar-refractivity contribution in [2.24, 2.45) is 0 Å². The largest absolute Gasteiger partial charge is 0.452 e. The maximum absolute atomic E-state index is 7.21. The highest BCUT2D eigenvalue weighted by atomic mass is 16.3. The molecule has 0 N–H and O–H groups in total. The van der Waals surface area contributed by atoms with E-state index in [0.29, 0.717) is 0 Å². The first-order valence-corrected chi connectivity index (χ1v) is 21.1. The van der Waals surface area contributed by atoms with Crippen molar-refractivity contribution in [1.29, 1.82) is 0 Å². The van der Waals surface area contributed by atoms with Gasteiger partial charge in [0.1, 0.15) is 0 Å². The van der Waals surface area contributed by atoms with Gasteiger partial charge in [0.25, 0.3) is 0 Å². The second kappa shape index (κ2) is 14.7. The third kappa shape index (κ3) is 6.00. The first kappa shape index (κ1) is 35.6. The van der Waals surface area contributed by atoms with Crippen LogP contribution >= 0.6 is 0 Å². The van der Waals surface area contributed by atoms with E-state index in [0.717, 1.165) is 83.9 Å². The monoisotopic (exact) mass is 793 g/mol. The molecular formula is C58H39N3O. The number of benzene rings is 10. The molecule has 1 aliphatic heterocycles. The van der Waals surface area contributed by atoms with E-state index in [-0.39, 0.29) is 0 Å². The van der Waals surface area contributed by atoms with Crippen LogP contribution < -0.4 is 14.7 Å². The van der Waals surface area contributed by atoms with Crippen molar-refractivity contribution in [3.63, 3.8) is 0 Å². The molecule has 4 heteroatoms. The lowest BCUT2D eigenvalue weighted by atomic mass is 10.0. The summed E-state index contributed by atoms with van der Waals surface area (Å²) in [6, 6.07) is 84.8. The predicted molar refractivity (Wildman–Crippen MR) is 260 cm³/mol. The fourth-order valence-electron chi connectivity index (χ4n) is 9.25. The molecule has 0 amide bonds. The lowest BCUT2D eigenvalue weighted by Crippen LogP contribution is -2.16. The normalized spacial score (nSPS) is 12.1. The number of furan rings is 1. The minimum absolute atomic E-state index is 0.843. The Bertz CT molecular complexity index is 3300. The molecule has 0 saturated heterocycles. The third-order valence-electron chi connectivity index (χ3n) is 12.1. The van der Waals surface area contributed by atoms with Crippen LogP contribution in [0.15, 0.2) is 241 Å². The van der Waals surface area contributed by atoms with Crippen LogP contribution in [-0.2, 0) is 0 Å². The molecule has 0 unspecified atom stereocenters. The Balaban J connectivity index is 1.16. The summed E-state index contributed by atoms with van der Waals surface area (Å²) < 4.78 is 7.21. The lowest BCUT2D eigenvalue weighted by Gasteiger charge is -2.33. The first-order chi connectivity index (χ1) is 30.7. The molecule has 0 saturated carbocycles. The van der Waals surface area contributed by atoms with Gasteiger partial charge < -0.3 is 19.1 Å². The molecule has 1 aromatic heterocycles. The van der Waals surface area contributed by atoms with Gasteiger partial charge in [-0.3, -0.25) is 0 Å². The minimum Gasteiger partial charge on any atom is -0.452 e. The van der Waals surface area contributed by atoms with Gasteiger partial charge in [-0.05, 0) is 112 Å². The standard InChI is InChI=1S/C58H39N3O/c1-5-16-40(17-6-1)42-28-32-47(33-29-42)59(48-34-30-43(31-35-48)41-18-7-2-8-19-41)49-37-50-39-51(38-49)61(46-23-11-4-12-24-46)55-36-44-20-13-14-25-52(44)56-53-26-15-27-54(57(53)62-58(55)56)60(50)45-21-9-3-10-22-45/h1-39H. The van der Waals surface area contributed by atoms with Gasteiger partial charge in [0.2, 0.25) is 0 Å². The zero-order chi connectivity index (χ0) is 41.0. The third-order valence-corrected chi connectivity index (χ3v) is 12.1. The molecule has 10 aromatic carbocycles. The summed E-state index contributed by atoms with van der Waals surface area (Å²) >= 11 is 0. The van der Waals surface area contributed by atoms with Gasteiger partial charge in [0, 0.05) is 33.5 Å². The Morgan fingerprint density at radius 2 is 0.774 bits per heavy atom. The minimum atomic E-state index is 0.843. The molecule has 0 fully saturated rings. The van der Waals surface area contributed by atoms with Crippen molar-refractivity contribution >= 4 is 83.9 Å². The zero-order valence-corrected chi connectivity index (χ0v) is 33.8. The number of rotatable bonds is 7. The van der Waals surface area contributed by atoms with Crippen molar-refractivity contribution in [2.45, 2.75) is 0 Å². The Morgan fingerprint density at radius 1 is 0.306 bits per heavy atom. The van der Waals surface area contributed by atoms with Gasteiger partial charge in [0.15, 0.2) is 11.2 Å². The topological polar surface area (TPSA) is 22.9 Å². The fraction of sp³-hybridized carbons (Fsp3) is 0. The molecule has 0 radical (unpaired) electrons. The summed E-state index contributed by atoms with van der Waals surface area (Å²) in [7, 11) is 0. The zero-order valence-electron chi connectivity index (χ0n) is 33.8. The summed E-state index contributed by atoms with van der Waals surface area (Å²) in [5, 5.41) is 4.51. The van der Waals surface area contributed by atoms with Gasteiger partial charge in [-0.1, -0.05) is 158 Å². The average Bonchev–Trinajstić information content (AvgIpc) is 3.75. The van der Waals surface area contributed by atoms with Crippen LogP contribution in [0.5, 0.6) is 0 Å². The second-order valence-electron chi connectivity index (χ2n) is 15.8. The second-order valence-corrected chi connectivity index (χ2v) is 15.8. The first-order valence-electron chi connectivity index (χ1n) is 21.1. The maximum Gasteiger partial charge on any atom is 0.160 e. The molecule has 4 bridgehead atoms. The van der Waals surface area contributed by atoms with Crippen LogP contribution in [0.1, 0.15) is 0 Å². The fourth-order valence-corrected chi connectivity index (χ4v) is 9.25. The summed E-state index contributed by atoms with van der Waals surface area (Å²) in [5.74, 6) is 0. The van der Waals surface area contributed by atoms with Crippen LogP contribution in [-0.4, -0.2) is 0 Å². The Labute approximate surface area is 360 Å². The highest BCUT2D eigenvalue weighted by Gasteiger charge is 2.29. The van der Waals surface area contributed by atoms with Gasteiger partial charge in [0.05, 0.1) is 28.4 Å². The van der Waals surface area contributed by atoms with Gasteiger partial charge in [-0.15, -0.1) is 0 Å². The molecule has 0 atom stereocenters. The van der Waals surface area contributed by atoms with Gasteiger partial charge in [-0.2, -0.15) is 0 Å². The quantitative estimate of drug-likeness (QED) is 0.160. The molecule has 12 rings (SSSR count). The lowest BCUT2D eigenvalue weighted by molar-refractivity contribution is 0.669. The average molecular weight is 794 g/mol. The number of para-hydroxylation sites is 3. The summed E-state index contributed by atoms with van der Waals surface area (Å²) in [6.07, 6.45) is 0. The Hall–Kier alpha value is -8.34. The Kier molecular flexibility index (Phi) is 8.46. The van der Waals surface area contributed by atoms with Crippen molar-refractivity contribution < 1.29 is 4.42 Å². The highest BCUT2D eigenvalue weighted by Crippen LogP contribution is 2.52. The van der Waals surface area contributed by atoms with Crippen LogP contribution in [0.25, 0.3) is 55.0 Å². The van der Waals surface area contributed by atoms with Crippen molar-refractivity contribution in [3.8, 4) is 22.3 Å². The number of hydrogen-bond acceptors (Lipinski definition) is 4. The van der Waals surface area contributed by atoms with E-state index in [9.17, 15) is 0 Å². The molecule has 0 aliphatic carbocycles. The molecule has 11 aromatic rings. The summed E-state index contributed by atoms with van der Waals surface area (Å²) in [4.78, 5) is 7.10. The molecule has 2 heterocycles. The van der Waals surface area contributed by atoms with Crippen LogP contribution in [0.2, 0.25) is 0 Å². The van der Waals surface area contributed by atoms with E-state index in [4.69, 9.17) is 4.42 Å². The number of anilines is 9. The number of nitrogens with zero attached hydrogens (tertiary/aromatic N) is 3. The van der Waals surface area contributed by atoms with E-state index < -0.39 is 0 Å². The molecule has 4 nitrogen and oxygen atoms in total. The van der Waals surface area contributed by atoms with Gasteiger partial charge >= 0.3 is 0 Å². The maximum atomic E-state index is 7.21. The van der Waals surface area contributed by atoms with E-state index in [2.05, 4.69) is 251 Å². The van der Waals surface area contributed by atoms with E-state index in [1.165, 1.54) is 22.3 Å². The number of fused-ring (bicyclic) bond motifs is 5. The van der Waals surface area contributed by atoms with Crippen molar-refractivity contribution in [1.82, 2.24) is 0 Å². The highest BCUT2D eigenvalue weighted by molar-refractivity contribution is 6.25.